The molecule has 2 atom stereocenters. The molecule has 88 valence electrons. The van der Waals surface area contributed by atoms with E-state index >= 15 is 0 Å². The summed E-state index contributed by atoms with van der Waals surface area (Å²) in [4.78, 5) is 11.4. The molecule has 1 unspecified atom stereocenters. The van der Waals surface area contributed by atoms with Gasteiger partial charge in [0.05, 0.1) is 12.1 Å². The van der Waals surface area contributed by atoms with Crippen LogP contribution in [0.2, 0.25) is 0 Å². The maximum atomic E-state index is 11.4. The van der Waals surface area contributed by atoms with Gasteiger partial charge in [0.1, 0.15) is 0 Å². The molecule has 1 saturated carbocycles. The minimum Gasteiger partial charge on any atom is -0.391 e. The van der Waals surface area contributed by atoms with E-state index in [4.69, 9.17) is 5.73 Å². The lowest BCUT2D eigenvalue weighted by Crippen LogP contribution is -2.43. The van der Waals surface area contributed by atoms with Crippen molar-refractivity contribution in [2.45, 2.75) is 51.2 Å². The second kappa shape index (κ2) is 6.08. The Balaban J connectivity index is 2.10. The lowest BCUT2D eigenvalue weighted by Gasteiger charge is -2.14. The summed E-state index contributed by atoms with van der Waals surface area (Å²) < 4.78 is 0. The molecule has 1 rings (SSSR count). The molecule has 0 aromatic heterocycles. The summed E-state index contributed by atoms with van der Waals surface area (Å²) >= 11 is 0. The fraction of sp³-hybridized carbons (Fsp3) is 0.909. The highest BCUT2D eigenvalue weighted by Gasteiger charge is 2.29. The van der Waals surface area contributed by atoms with Crippen LogP contribution in [0, 0.1) is 5.92 Å². The number of amides is 1. The molecule has 0 aliphatic heterocycles. The van der Waals surface area contributed by atoms with E-state index in [2.05, 4.69) is 12.2 Å². The van der Waals surface area contributed by atoms with Crippen LogP contribution in [-0.2, 0) is 4.79 Å². The molecule has 0 heterocycles. The van der Waals surface area contributed by atoms with Gasteiger partial charge in [0, 0.05) is 6.54 Å². The molecule has 0 aromatic carbocycles. The number of carbonyl (C=O) groups is 1. The SMILES string of the molecule is CCCC[C@H](N)C(=O)NCC(O)C1CC1. The zero-order valence-electron chi connectivity index (χ0n) is 9.41. The second-order valence-electron chi connectivity index (χ2n) is 4.40. The number of nitrogens with one attached hydrogen (secondary N) is 1. The summed E-state index contributed by atoms with van der Waals surface area (Å²) in [6.45, 7) is 2.42. The molecule has 0 bridgehead atoms. The van der Waals surface area contributed by atoms with Crippen molar-refractivity contribution in [2.75, 3.05) is 6.54 Å². The minimum atomic E-state index is -0.420. The summed E-state index contributed by atoms with van der Waals surface area (Å²) in [5.74, 6) is 0.264. The van der Waals surface area contributed by atoms with Crippen LogP contribution in [0.1, 0.15) is 39.0 Å². The van der Waals surface area contributed by atoms with Crippen LogP contribution >= 0.6 is 0 Å². The molecular formula is C11H22N2O2. The van der Waals surface area contributed by atoms with Crippen molar-refractivity contribution >= 4 is 5.91 Å². The van der Waals surface area contributed by atoms with E-state index in [1.165, 1.54) is 0 Å². The Bertz CT molecular complexity index is 205. The summed E-state index contributed by atoms with van der Waals surface area (Å²) in [6, 6.07) is -0.420. The van der Waals surface area contributed by atoms with Crippen LogP contribution < -0.4 is 11.1 Å². The van der Waals surface area contributed by atoms with Crippen molar-refractivity contribution < 1.29 is 9.90 Å². The van der Waals surface area contributed by atoms with Crippen molar-refractivity contribution in [1.29, 1.82) is 0 Å². The summed E-state index contributed by atoms with van der Waals surface area (Å²) in [5, 5.41) is 12.2. The minimum absolute atomic E-state index is 0.136. The predicted octanol–water partition coefficient (Wildman–Crippen LogP) is 0.391. The predicted molar refractivity (Wildman–Crippen MR) is 59.2 cm³/mol. The van der Waals surface area contributed by atoms with Gasteiger partial charge >= 0.3 is 0 Å². The van der Waals surface area contributed by atoms with Gasteiger partial charge in [-0.15, -0.1) is 0 Å². The molecule has 4 N–H and O–H groups in total. The van der Waals surface area contributed by atoms with Crippen LogP contribution in [0.4, 0.5) is 0 Å². The molecular weight excluding hydrogens is 192 g/mol. The number of unbranched alkanes of at least 4 members (excludes halogenated alkanes) is 1. The van der Waals surface area contributed by atoms with Gasteiger partial charge in [0.25, 0.3) is 0 Å². The van der Waals surface area contributed by atoms with Crippen LogP contribution in [0.15, 0.2) is 0 Å². The molecule has 1 fully saturated rings. The van der Waals surface area contributed by atoms with E-state index in [1.54, 1.807) is 0 Å². The lowest BCUT2D eigenvalue weighted by molar-refractivity contribution is -0.123. The van der Waals surface area contributed by atoms with Crippen molar-refractivity contribution in [2.24, 2.45) is 11.7 Å². The number of carbonyl (C=O) groups excluding carboxylic acids is 1. The molecule has 4 nitrogen and oxygen atoms in total. The van der Waals surface area contributed by atoms with Crippen LogP contribution in [-0.4, -0.2) is 29.7 Å². The van der Waals surface area contributed by atoms with Crippen LogP contribution in [0.25, 0.3) is 0 Å². The largest absolute Gasteiger partial charge is 0.391 e. The number of aliphatic hydroxyl groups excluding tert-OH is 1. The first-order chi connectivity index (χ1) is 7.15. The highest BCUT2D eigenvalue weighted by molar-refractivity contribution is 5.81. The van der Waals surface area contributed by atoms with Gasteiger partial charge in [-0.1, -0.05) is 19.8 Å². The Morgan fingerprint density at radius 1 is 1.60 bits per heavy atom. The maximum Gasteiger partial charge on any atom is 0.237 e. The van der Waals surface area contributed by atoms with Crippen molar-refractivity contribution in [1.82, 2.24) is 5.32 Å². The number of nitrogens with two attached hydrogens (primary N) is 1. The first kappa shape index (κ1) is 12.5. The van der Waals surface area contributed by atoms with E-state index in [0.717, 1.165) is 32.1 Å². The van der Waals surface area contributed by atoms with E-state index in [1.807, 2.05) is 0 Å². The Morgan fingerprint density at radius 2 is 2.27 bits per heavy atom. The average molecular weight is 214 g/mol. The fourth-order valence-corrected chi connectivity index (χ4v) is 1.54. The third-order valence-corrected chi connectivity index (χ3v) is 2.86. The number of hydrogen-bond acceptors (Lipinski definition) is 3. The Kier molecular flexibility index (Phi) is 5.05. The van der Waals surface area contributed by atoms with E-state index in [0.29, 0.717) is 12.5 Å². The monoisotopic (exact) mass is 214 g/mol. The maximum absolute atomic E-state index is 11.4. The molecule has 0 spiro atoms. The Hall–Kier alpha value is -0.610. The Morgan fingerprint density at radius 3 is 2.80 bits per heavy atom. The number of aliphatic hydroxyl groups is 1. The van der Waals surface area contributed by atoms with Crippen molar-refractivity contribution in [3.63, 3.8) is 0 Å². The van der Waals surface area contributed by atoms with E-state index < -0.39 is 6.04 Å². The zero-order chi connectivity index (χ0) is 11.3. The fourth-order valence-electron chi connectivity index (χ4n) is 1.54. The van der Waals surface area contributed by atoms with Gasteiger partial charge in [-0.25, -0.2) is 0 Å². The van der Waals surface area contributed by atoms with E-state index in [9.17, 15) is 9.90 Å². The zero-order valence-corrected chi connectivity index (χ0v) is 9.41. The summed E-state index contributed by atoms with van der Waals surface area (Å²) in [6.07, 6.45) is 4.53. The quantitative estimate of drug-likeness (QED) is 0.574. The molecule has 0 radical (unpaired) electrons. The molecule has 4 heteroatoms. The van der Waals surface area contributed by atoms with Gasteiger partial charge in [-0.05, 0) is 25.2 Å². The van der Waals surface area contributed by atoms with Gasteiger partial charge in [0.15, 0.2) is 0 Å². The molecule has 0 aromatic rings. The van der Waals surface area contributed by atoms with Crippen molar-refractivity contribution in [3.05, 3.63) is 0 Å². The third-order valence-electron chi connectivity index (χ3n) is 2.86. The van der Waals surface area contributed by atoms with Gasteiger partial charge in [-0.3, -0.25) is 4.79 Å². The second-order valence-corrected chi connectivity index (χ2v) is 4.40. The summed E-state index contributed by atoms with van der Waals surface area (Å²) in [5.41, 5.74) is 5.69. The first-order valence-corrected chi connectivity index (χ1v) is 5.86. The average Bonchev–Trinajstić information content (AvgIpc) is 3.05. The van der Waals surface area contributed by atoms with Crippen LogP contribution in [0.5, 0.6) is 0 Å². The Labute approximate surface area is 91.2 Å². The molecule has 1 aliphatic carbocycles. The van der Waals surface area contributed by atoms with E-state index in [-0.39, 0.29) is 12.0 Å². The normalized spacial score (nSPS) is 19.7. The molecule has 1 aliphatic rings. The van der Waals surface area contributed by atoms with Gasteiger partial charge in [0.2, 0.25) is 5.91 Å². The standard InChI is InChI=1S/C11H22N2O2/c1-2-3-4-9(12)11(15)13-7-10(14)8-5-6-8/h8-10,14H,2-7,12H2,1H3,(H,13,15)/t9-,10?/m0/s1. The smallest absolute Gasteiger partial charge is 0.237 e. The number of hydrogen-bond donors (Lipinski definition) is 3. The lowest BCUT2D eigenvalue weighted by atomic mass is 10.1. The summed E-state index contributed by atoms with van der Waals surface area (Å²) in [7, 11) is 0. The third kappa shape index (κ3) is 4.62. The van der Waals surface area contributed by atoms with Gasteiger partial charge < -0.3 is 16.2 Å². The van der Waals surface area contributed by atoms with Crippen LogP contribution in [0.3, 0.4) is 0 Å². The molecule has 15 heavy (non-hydrogen) atoms. The topological polar surface area (TPSA) is 75.4 Å². The first-order valence-electron chi connectivity index (χ1n) is 5.86. The molecule has 0 saturated heterocycles. The highest BCUT2D eigenvalue weighted by Crippen LogP contribution is 2.32. The van der Waals surface area contributed by atoms with Crippen molar-refractivity contribution in [3.8, 4) is 0 Å². The molecule has 1 amide bonds. The highest BCUT2D eigenvalue weighted by atomic mass is 16.3. The van der Waals surface area contributed by atoms with Gasteiger partial charge in [-0.2, -0.15) is 0 Å². The number of rotatable bonds is 7.